The minimum Gasteiger partial charge on any atom is -0.493 e. The van der Waals surface area contributed by atoms with Crippen LogP contribution < -0.4 is 28.4 Å². The molecule has 5 heterocycles. The molecule has 23 heteroatoms. The van der Waals surface area contributed by atoms with Gasteiger partial charge in [-0.1, -0.05) is 0 Å². The van der Waals surface area contributed by atoms with Crippen molar-refractivity contribution in [2.24, 2.45) is 11.8 Å². The van der Waals surface area contributed by atoms with Crippen molar-refractivity contribution in [1.82, 2.24) is 0 Å². The van der Waals surface area contributed by atoms with Crippen molar-refractivity contribution in [3.05, 3.63) is 35.4 Å². The van der Waals surface area contributed by atoms with Crippen LogP contribution in [-0.4, -0.2) is 210 Å². The first-order valence-corrected chi connectivity index (χ1v) is 20.2. The minimum atomic E-state index is -1.81. The average Bonchev–Trinajstić information content (AvgIpc) is 3.91. The number of aliphatic hydroxyl groups is 11. The predicted octanol–water partition coefficient (Wildman–Crippen LogP) is -4.02. The lowest BCUT2D eigenvalue weighted by atomic mass is 9.84. The molecular weight excluding hydrogens is 848 g/mol. The van der Waals surface area contributed by atoms with Crippen molar-refractivity contribution in [2.75, 3.05) is 61.5 Å². The van der Waals surface area contributed by atoms with Crippen molar-refractivity contribution in [3.8, 4) is 34.5 Å². The number of ether oxygens (including phenoxy) is 12. The van der Waals surface area contributed by atoms with Crippen LogP contribution >= 0.6 is 0 Å². The fourth-order valence-corrected chi connectivity index (χ4v) is 8.54. The Hall–Kier alpha value is -3.44. The summed E-state index contributed by atoms with van der Waals surface area (Å²) in [5.74, 6) is 0.219. The third-order valence-corrected chi connectivity index (χ3v) is 12.1. The van der Waals surface area contributed by atoms with Gasteiger partial charge in [0.05, 0.1) is 73.7 Å². The van der Waals surface area contributed by atoms with Gasteiger partial charge in [-0.15, -0.1) is 0 Å². The Labute approximate surface area is 360 Å². The minimum absolute atomic E-state index is 0.0263. The van der Waals surface area contributed by atoms with E-state index in [1.807, 2.05) is 0 Å². The van der Waals surface area contributed by atoms with Gasteiger partial charge in [-0.25, -0.2) is 0 Å². The highest BCUT2D eigenvalue weighted by Crippen LogP contribution is 2.54. The van der Waals surface area contributed by atoms with E-state index in [1.165, 1.54) is 28.4 Å². The van der Waals surface area contributed by atoms with Gasteiger partial charge in [-0.3, -0.25) is 0 Å². The maximum Gasteiger partial charge on any atom is 0.229 e. The summed E-state index contributed by atoms with van der Waals surface area (Å²) in [6.45, 7) is -1.37. The van der Waals surface area contributed by atoms with Crippen molar-refractivity contribution >= 4 is 0 Å². The van der Waals surface area contributed by atoms with Crippen LogP contribution in [0, 0.1) is 11.8 Å². The molecule has 5 fully saturated rings. The molecule has 5 aliphatic heterocycles. The molecule has 63 heavy (non-hydrogen) atoms. The molecule has 0 bridgehead atoms. The van der Waals surface area contributed by atoms with Crippen LogP contribution in [0.2, 0.25) is 0 Å². The summed E-state index contributed by atoms with van der Waals surface area (Å²) >= 11 is 0. The lowest BCUT2D eigenvalue weighted by molar-refractivity contribution is -0.323. The second-order valence-electron chi connectivity index (χ2n) is 15.8. The SMILES string of the molecule is COc1cc([C@@H]2OC[C@H]3[C@H]2CO[C@H]3c2cc(OC)c(O[C@@H]3O[C@H](CO[C@@H]4O[C@H](CO)[C@@H](O)[C@H](O)[C@H]4O)[C@@H](O)[C@H](O)[C@H]3O)c(OC)c2)cc(OC)c1O[C@@H]1O[C@H](CO)[C@@H](O)[C@H](O)[C@H]1O. The molecule has 5 aliphatic rings. The Morgan fingerprint density at radius 3 is 1.16 bits per heavy atom. The Morgan fingerprint density at radius 1 is 0.460 bits per heavy atom. The van der Waals surface area contributed by atoms with Gasteiger partial charge >= 0.3 is 0 Å². The zero-order chi connectivity index (χ0) is 45.4. The van der Waals surface area contributed by atoms with Gasteiger partial charge < -0.3 is 113 Å². The van der Waals surface area contributed by atoms with Crippen molar-refractivity contribution in [3.63, 3.8) is 0 Å². The van der Waals surface area contributed by atoms with Gasteiger partial charge in [0.1, 0.15) is 73.2 Å². The van der Waals surface area contributed by atoms with E-state index in [2.05, 4.69) is 0 Å². The lowest BCUT2D eigenvalue weighted by Gasteiger charge is -2.42. The summed E-state index contributed by atoms with van der Waals surface area (Å²) in [6.07, 6.45) is -24.9. The first-order valence-electron chi connectivity index (χ1n) is 20.2. The number of aliphatic hydroxyl groups excluding tert-OH is 11. The van der Waals surface area contributed by atoms with E-state index < -0.39 is 124 Å². The molecule has 0 amide bonds. The van der Waals surface area contributed by atoms with Gasteiger partial charge in [-0.2, -0.15) is 0 Å². The van der Waals surface area contributed by atoms with Crippen LogP contribution in [0.4, 0.5) is 0 Å². The number of hydrogen-bond acceptors (Lipinski definition) is 23. The largest absolute Gasteiger partial charge is 0.493 e. The smallest absolute Gasteiger partial charge is 0.229 e. The first kappa shape index (κ1) is 47.5. The fourth-order valence-electron chi connectivity index (χ4n) is 8.54. The summed E-state index contributed by atoms with van der Waals surface area (Å²) in [5, 5.41) is 113. The molecule has 19 atom stereocenters. The number of hydrogen-bond donors (Lipinski definition) is 11. The molecule has 2 aromatic rings. The third kappa shape index (κ3) is 9.09. The van der Waals surface area contributed by atoms with Crippen molar-refractivity contribution in [2.45, 2.75) is 104 Å². The van der Waals surface area contributed by atoms with Gasteiger partial charge in [0.15, 0.2) is 29.3 Å². The summed E-state index contributed by atoms with van der Waals surface area (Å²) in [4.78, 5) is 0. The number of rotatable bonds is 15. The molecule has 354 valence electrons. The van der Waals surface area contributed by atoms with E-state index in [-0.39, 0.29) is 59.5 Å². The molecule has 0 aromatic heterocycles. The topological polar surface area (TPSA) is 333 Å². The Morgan fingerprint density at radius 2 is 0.794 bits per heavy atom. The molecule has 0 aliphatic carbocycles. The van der Waals surface area contributed by atoms with Gasteiger partial charge in [0.25, 0.3) is 0 Å². The fraction of sp³-hybridized carbons (Fsp3) is 0.700. The highest BCUT2D eigenvalue weighted by molar-refractivity contribution is 5.56. The number of methoxy groups -OCH3 is 4. The Balaban J connectivity index is 1.06. The normalized spacial score (nSPS) is 40.3. The maximum atomic E-state index is 10.9. The highest BCUT2D eigenvalue weighted by Gasteiger charge is 2.51. The highest BCUT2D eigenvalue weighted by atomic mass is 16.7. The first-order chi connectivity index (χ1) is 30.2. The molecule has 0 saturated carbocycles. The lowest BCUT2D eigenvalue weighted by Crippen LogP contribution is -2.62. The standard InChI is InChI=1S/C40H56O23/c1-52-18-5-14(6-19(53-2)36(18)62-39-32(50)29(47)26(44)23(10-42)60-39)34-16-11-57-35(17(16)12-56-34)15-7-20(54-3)37(21(8-15)55-4)63-40-33(51)30(48)27(45)24(61-40)13-58-38-31(49)28(46)25(43)22(9-41)59-38/h5-8,16-17,22-35,38-51H,9-13H2,1-4H3/t16-,17+,22-,23-,24-,25-,26-,27-,28+,29+,30+,31-,32-,33-,34+,35+,38-,39+,40+/m1/s1. The summed E-state index contributed by atoms with van der Waals surface area (Å²) in [7, 11) is 5.54. The predicted molar refractivity (Wildman–Crippen MR) is 205 cm³/mol. The van der Waals surface area contributed by atoms with Crippen molar-refractivity contribution < 1.29 is 113 Å². The average molecular weight is 905 g/mol. The molecule has 7 rings (SSSR count). The second kappa shape index (κ2) is 20.0. The molecule has 23 nitrogen and oxygen atoms in total. The van der Waals surface area contributed by atoms with E-state index >= 15 is 0 Å². The van der Waals surface area contributed by atoms with E-state index in [4.69, 9.17) is 56.8 Å². The van der Waals surface area contributed by atoms with Crippen LogP contribution in [-0.2, 0) is 28.4 Å². The summed E-state index contributed by atoms with van der Waals surface area (Å²) < 4.78 is 69.6. The summed E-state index contributed by atoms with van der Waals surface area (Å²) in [6, 6.07) is 6.64. The second-order valence-corrected chi connectivity index (χ2v) is 15.8. The quantitative estimate of drug-likeness (QED) is 0.0811. The molecule has 0 unspecified atom stereocenters. The molecule has 2 aromatic carbocycles. The summed E-state index contributed by atoms with van der Waals surface area (Å²) in [5.41, 5.74) is 1.27. The molecule has 0 radical (unpaired) electrons. The van der Waals surface area contributed by atoms with Crippen LogP contribution in [0.15, 0.2) is 24.3 Å². The van der Waals surface area contributed by atoms with E-state index in [1.54, 1.807) is 24.3 Å². The van der Waals surface area contributed by atoms with E-state index in [9.17, 15) is 56.2 Å². The molecular formula is C40H56O23. The molecule has 0 spiro atoms. The van der Waals surface area contributed by atoms with Crippen LogP contribution in [0.25, 0.3) is 0 Å². The zero-order valence-electron chi connectivity index (χ0n) is 34.6. The number of fused-ring (bicyclic) bond motifs is 1. The van der Waals surface area contributed by atoms with Crippen molar-refractivity contribution in [1.29, 1.82) is 0 Å². The number of benzene rings is 2. The maximum absolute atomic E-state index is 10.9. The van der Waals surface area contributed by atoms with Gasteiger partial charge in [0, 0.05) is 11.8 Å². The Bertz CT molecular complexity index is 1780. The molecule has 5 saturated heterocycles. The van der Waals surface area contributed by atoms with Gasteiger partial charge in [-0.05, 0) is 35.4 Å². The van der Waals surface area contributed by atoms with E-state index in [0.29, 0.717) is 11.1 Å². The molecule has 11 N–H and O–H groups in total. The van der Waals surface area contributed by atoms with Gasteiger partial charge in [0.2, 0.25) is 24.1 Å². The van der Waals surface area contributed by atoms with Crippen LogP contribution in [0.1, 0.15) is 23.3 Å². The zero-order valence-corrected chi connectivity index (χ0v) is 34.6. The van der Waals surface area contributed by atoms with Crippen LogP contribution in [0.3, 0.4) is 0 Å². The van der Waals surface area contributed by atoms with E-state index in [0.717, 1.165) is 0 Å². The monoisotopic (exact) mass is 904 g/mol. The van der Waals surface area contributed by atoms with Crippen LogP contribution in [0.5, 0.6) is 34.5 Å². The third-order valence-electron chi connectivity index (χ3n) is 12.1. The Kier molecular flexibility index (Phi) is 15.1.